The van der Waals surface area contributed by atoms with Crippen LogP contribution in [0.5, 0.6) is 0 Å². The van der Waals surface area contributed by atoms with E-state index < -0.39 is 0 Å². The fraction of sp³-hybridized carbons (Fsp3) is 0.308. The van der Waals surface area contributed by atoms with Gasteiger partial charge in [-0.3, -0.25) is 0 Å². The Morgan fingerprint density at radius 3 is 2.88 bits per heavy atom. The van der Waals surface area contributed by atoms with Gasteiger partial charge >= 0.3 is 0 Å². The lowest BCUT2D eigenvalue weighted by atomic mass is 10.2. The zero-order valence-electron chi connectivity index (χ0n) is 9.43. The Bertz CT molecular complexity index is 475. The molecule has 88 valence electrons. The largest absolute Gasteiger partial charge is 0.447 e. The van der Waals surface area contributed by atoms with E-state index in [1.54, 1.807) is 6.26 Å². The van der Waals surface area contributed by atoms with Gasteiger partial charge in [0.2, 0.25) is 5.89 Å². The van der Waals surface area contributed by atoms with E-state index in [-0.39, 0.29) is 6.04 Å². The van der Waals surface area contributed by atoms with E-state index in [9.17, 15) is 0 Å². The molecule has 0 radical (unpaired) electrons. The summed E-state index contributed by atoms with van der Waals surface area (Å²) in [7, 11) is 0. The van der Waals surface area contributed by atoms with Crippen LogP contribution in [0.4, 0.5) is 0 Å². The van der Waals surface area contributed by atoms with E-state index >= 15 is 0 Å². The third kappa shape index (κ3) is 2.23. The van der Waals surface area contributed by atoms with Crippen LogP contribution in [0.3, 0.4) is 0 Å². The van der Waals surface area contributed by atoms with Gasteiger partial charge in [0.15, 0.2) is 0 Å². The van der Waals surface area contributed by atoms with Crippen LogP contribution < -0.4 is 5.32 Å². The highest BCUT2D eigenvalue weighted by Crippen LogP contribution is 2.22. The Hall–Kier alpha value is -1.65. The number of morpholine rings is 1. The number of rotatable bonds is 2. The highest BCUT2D eigenvalue weighted by molar-refractivity contribution is 5.57. The third-order valence-electron chi connectivity index (χ3n) is 2.81. The topological polar surface area (TPSA) is 47.3 Å². The predicted octanol–water partition coefficient (Wildman–Crippen LogP) is 2.00. The van der Waals surface area contributed by atoms with Gasteiger partial charge < -0.3 is 14.5 Å². The minimum absolute atomic E-state index is 0.0706. The van der Waals surface area contributed by atoms with Crippen molar-refractivity contribution in [2.75, 3.05) is 19.8 Å². The van der Waals surface area contributed by atoms with Gasteiger partial charge in [-0.1, -0.05) is 30.3 Å². The van der Waals surface area contributed by atoms with Crippen LogP contribution in [-0.2, 0) is 4.74 Å². The molecule has 0 amide bonds. The molecule has 1 aliphatic heterocycles. The summed E-state index contributed by atoms with van der Waals surface area (Å²) >= 11 is 0. The number of hydrogen-bond donors (Lipinski definition) is 1. The fourth-order valence-corrected chi connectivity index (χ4v) is 1.91. The minimum atomic E-state index is 0.0706. The molecule has 1 aromatic carbocycles. The van der Waals surface area contributed by atoms with Crippen molar-refractivity contribution in [3.8, 4) is 11.3 Å². The molecule has 3 rings (SSSR count). The lowest BCUT2D eigenvalue weighted by Gasteiger charge is -2.20. The first kappa shape index (κ1) is 10.5. The van der Waals surface area contributed by atoms with Crippen molar-refractivity contribution in [3.63, 3.8) is 0 Å². The summed E-state index contributed by atoms with van der Waals surface area (Å²) in [5, 5.41) is 3.32. The van der Waals surface area contributed by atoms with E-state index in [0.717, 1.165) is 24.4 Å². The minimum Gasteiger partial charge on any atom is -0.447 e. The maximum Gasteiger partial charge on any atom is 0.214 e. The molecule has 1 unspecified atom stereocenters. The van der Waals surface area contributed by atoms with E-state index in [0.29, 0.717) is 12.5 Å². The zero-order chi connectivity index (χ0) is 11.5. The van der Waals surface area contributed by atoms with Crippen molar-refractivity contribution in [2.24, 2.45) is 0 Å². The maximum atomic E-state index is 5.50. The zero-order valence-corrected chi connectivity index (χ0v) is 9.43. The number of nitrogens with zero attached hydrogens (tertiary/aromatic N) is 1. The van der Waals surface area contributed by atoms with Gasteiger partial charge in [0.1, 0.15) is 18.0 Å². The molecule has 1 fully saturated rings. The van der Waals surface area contributed by atoms with Gasteiger partial charge in [-0.15, -0.1) is 0 Å². The smallest absolute Gasteiger partial charge is 0.214 e. The second-order valence-electron chi connectivity index (χ2n) is 4.02. The summed E-state index contributed by atoms with van der Waals surface area (Å²) in [5.74, 6) is 0.698. The van der Waals surface area contributed by atoms with Crippen LogP contribution in [0.2, 0.25) is 0 Å². The molecular formula is C13H14N2O2. The van der Waals surface area contributed by atoms with Crippen LogP contribution in [0, 0.1) is 0 Å². The second-order valence-corrected chi connectivity index (χ2v) is 4.02. The molecule has 1 aromatic heterocycles. The normalized spacial score (nSPS) is 20.4. The quantitative estimate of drug-likeness (QED) is 0.857. The lowest BCUT2D eigenvalue weighted by Crippen LogP contribution is -2.34. The summed E-state index contributed by atoms with van der Waals surface area (Å²) in [6.07, 6.45) is 1.70. The average Bonchev–Trinajstić information content (AvgIpc) is 2.90. The molecule has 1 N–H and O–H groups in total. The molecular weight excluding hydrogens is 216 g/mol. The van der Waals surface area contributed by atoms with Crippen molar-refractivity contribution >= 4 is 0 Å². The number of benzene rings is 1. The molecule has 1 saturated heterocycles. The van der Waals surface area contributed by atoms with E-state index in [2.05, 4.69) is 10.3 Å². The second kappa shape index (κ2) is 4.69. The maximum absolute atomic E-state index is 5.50. The van der Waals surface area contributed by atoms with E-state index in [1.165, 1.54) is 0 Å². The highest BCUT2D eigenvalue weighted by Gasteiger charge is 2.20. The molecule has 0 bridgehead atoms. The first-order chi connectivity index (χ1) is 8.43. The first-order valence-corrected chi connectivity index (χ1v) is 5.75. The van der Waals surface area contributed by atoms with Gasteiger partial charge in [-0.05, 0) is 0 Å². The SMILES string of the molecule is c1ccc(-c2coc(C3COCCN3)n2)cc1. The molecule has 4 heteroatoms. The highest BCUT2D eigenvalue weighted by atomic mass is 16.5. The Balaban J connectivity index is 1.83. The van der Waals surface area contributed by atoms with Crippen molar-refractivity contribution in [1.29, 1.82) is 0 Å². The number of ether oxygens (including phenoxy) is 1. The number of aromatic nitrogens is 1. The van der Waals surface area contributed by atoms with Gasteiger partial charge in [-0.25, -0.2) is 4.98 Å². The van der Waals surface area contributed by atoms with Gasteiger partial charge in [0, 0.05) is 12.1 Å². The number of nitrogens with one attached hydrogen (secondary N) is 1. The third-order valence-corrected chi connectivity index (χ3v) is 2.81. The molecule has 1 aliphatic rings. The van der Waals surface area contributed by atoms with Gasteiger partial charge in [0.05, 0.1) is 13.2 Å². The molecule has 4 nitrogen and oxygen atoms in total. The molecule has 1 atom stereocenters. The molecule has 0 spiro atoms. The van der Waals surface area contributed by atoms with Crippen LogP contribution in [0.25, 0.3) is 11.3 Å². The van der Waals surface area contributed by atoms with Crippen molar-refractivity contribution in [3.05, 3.63) is 42.5 Å². The molecule has 0 saturated carbocycles. The summed E-state index contributed by atoms with van der Waals surface area (Å²) in [6.45, 7) is 2.21. The van der Waals surface area contributed by atoms with Crippen molar-refractivity contribution in [2.45, 2.75) is 6.04 Å². The van der Waals surface area contributed by atoms with Crippen molar-refractivity contribution in [1.82, 2.24) is 10.3 Å². The first-order valence-electron chi connectivity index (χ1n) is 5.75. The number of oxazole rings is 1. The Kier molecular flexibility index (Phi) is 2.90. The monoisotopic (exact) mass is 230 g/mol. The summed E-state index contributed by atoms with van der Waals surface area (Å²) in [5.41, 5.74) is 1.94. The average molecular weight is 230 g/mol. The lowest BCUT2D eigenvalue weighted by molar-refractivity contribution is 0.0681. The van der Waals surface area contributed by atoms with Gasteiger partial charge in [-0.2, -0.15) is 0 Å². The number of hydrogen-bond acceptors (Lipinski definition) is 4. The van der Waals surface area contributed by atoms with Crippen LogP contribution in [0.1, 0.15) is 11.9 Å². The van der Waals surface area contributed by atoms with Gasteiger partial charge in [0.25, 0.3) is 0 Å². The van der Waals surface area contributed by atoms with Crippen LogP contribution in [-0.4, -0.2) is 24.7 Å². The molecule has 2 aromatic rings. The Morgan fingerprint density at radius 1 is 1.24 bits per heavy atom. The molecule has 2 heterocycles. The standard InChI is InChI=1S/C13H14N2O2/c1-2-4-10(5-3-1)11-9-17-13(15-11)12-8-16-7-6-14-12/h1-5,9,12,14H,6-8H2. The van der Waals surface area contributed by atoms with Crippen LogP contribution >= 0.6 is 0 Å². The summed E-state index contributed by atoms with van der Waals surface area (Å²) < 4.78 is 10.9. The fourth-order valence-electron chi connectivity index (χ4n) is 1.91. The van der Waals surface area contributed by atoms with E-state index in [4.69, 9.17) is 9.15 Å². The predicted molar refractivity (Wildman–Crippen MR) is 63.5 cm³/mol. The Morgan fingerprint density at radius 2 is 2.12 bits per heavy atom. The Labute approximate surface area is 99.6 Å². The summed E-state index contributed by atoms with van der Waals surface area (Å²) in [6, 6.07) is 10.1. The van der Waals surface area contributed by atoms with Crippen LogP contribution in [0.15, 0.2) is 41.0 Å². The van der Waals surface area contributed by atoms with E-state index in [1.807, 2.05) is 30.3 Å². The summed E-state index contributed by atoms with van der Waals surface area (Å²) in [4.78, 5) is 4.50. The molecule has 17 heavy (non-hydrogen) atoms. The van der Waals surface area contributed by atoms with Crippen molar-refractivity contribution < 1.29 is 9.15 Å². The molecule has 0 aliphatic carbocycles.